The second-order valence-corrected chi connectivity index (χ2v) is 9.91. The number of hydrogen-bond acceptors (Lipinski definition) is 3. The van der Waals surface area contributed by atoms with Gasteiger partial charge in [-0.15, -0.1) is 0 Å². The number of piperidine rings is 1. The quantitative estimate of drug-likeness (QED) is 0.263. The third-order valence-corrected chi connectivity index (χ3v) is 7.62. The lowest BCUT2D eigenvalue weighted by molar-refractivity contribution is 0.414. The van der Waals surface area contributed by atoms with Crippen molar-refractivity contribution in [2.75, 3.05) is 24.5 Å². The summed E-state index contributed by atoms with van der Waals surface area (Å²) in [6.45, 7) is 5.19. The lowest BCUT2D eigenvalue weighted by Crippen LogP contribution is -2.36. The number of hydrogen-bond donors (Lipinski definition) is 2. The van der Waals surface area contributed by atoms with Crippen LogP contribution in [0.2, 0.25) is 0 Å². The van der Waals surface area contributed by atoms with E-state index in [2.05, 4.69) is 90.7 Å². The van der Waals surface area contributed by atoms with Crippen LogP contribution in [0.3, 0.4) is 0 Å². The summed E-state index contributed by atoms with van der Waals surface area (Å²) in [5, 5.41) is 9.65. The third kappa shape index (κ3) is 5.63. The lowest BCUT2D eigenvalue weighted by Gasteiger charge is -2.33. The van der Waals surface area contributed by atoms with E-state index >= 15 is 0 Å². The van der Waals surface area contributed by atoms with Gasteiger partial charge in [-0.1, -0.05) is 85.8 Å². The van der Waals surface area contributed by atoms with Gasteiger partial charge in [0.05, 0.1) is 0 Å². The fourth-order valence-electron chi connectivity index (χ4n) is 5.43. The molecule has 5 rings (SSSR count). The molecule has 0 aromatic heterocycles. The van der Waals surface area contributed by atoms with Crippen LogP contribution < -0.4 is 10.6 Å². The van der Waals surface area contributed by atoms with Gasteiger partial charge in [0, 0.05) is 18.8 Å². The number of aromatic hydroxyl groups is 1. The standard InChI is InChI=1S/C34H36N2O/c1-2-33(28-6-4-3-5-7-28)34(29-10-8-26(9-11-29)27-14-18-32(37)19-15-27)30-12-16-31(17-13-30)36-22-20-25(24-35)21-23-36/h3-19,25,37H,2,20-24,35H2,1H3. The van der Waals surface area contributed by atoms with E-state index in [-0.39, 0.29) is 5.75 Å². The highest BCUT2D eigenvalue weighted by Crippen LogP contribution is 2.36. The molecule has 0 amide bonds. The largest absolute Gasteiger partial charge is 0.508 e. The zero-order valence-electron chi connectivity index (χ0n) is 21.6. The number of allylic oxidation sites excluding steroid dienone is 1. The molecule has 0 unspecified atom stereocenters. The van der Waals surface area contributed by atoms with Gasteiger partial charge in [-0.2, -0.15) is 0 Å². The normalized spacial score (nSPS) is 14.9. The van der Waals surface area contributed by atoms with Crippen LogP contribution in [0.1, 0.15) is 42.9 Å². The topological polar surface area (TPSA) is 49.5 Å². The van der Waals surface area contributed by atoms with Crippen LogP contribution in [0.4, 0.5) is 5.69 Å². The smallest absolute Gasteiger partial charge is 0.115 e. The molecule has 4 aromatic rings. The zero-order valence-corrected chi connectivity index (χ0v) is 21.6. The van der Waals surface area contributed by atoms with Crippen molar-refractivity contribution in [2.45, 2.75) is 26.2 Å². The second kappa shape index (κ2) is 11.5. The van der Waals surface area contributed by atoms with Crippen molar-refractivity contribution in [3.63, 3.8) is 0 Å². The Hall–Kier alpha value is -3.82. The molecule has 0 saturated carbocycles. The minimum Gasteiger partial charge on any atom is -0.508 e. The number of anilines is 1. The van der Waals surface area contributed by atoms with Crippen LogP contribution in [0.25, 0.3) is 22.3 Å². The van der Waals surface area contributed by atoms with Crippen LogP contribution in [-0.4, -0.2) is 24.7 Å². The molecule has 3 nitrogen and oxygen atoms in total. The Kier molecular flexibility index (Phi) is 7.72. The molecule has 1 aliphatic rings. The van der Waals surface area contributed by atoms with E-state index in [0.29, 0.717) is 5.92 Å². The highest BCUT2D eigenvalue weighted by molar-refractivity contribution is 5.99. The van der Waals surface area contributed by atoms with Crippen molar-refractivity contribution in [3.8, 4) is 16.9 Å². The van der Waals surface area contributed by atoms with Gasteiger partial charge in [-0.3, -0.25) is 0 Å². The number of phenols is 1. The van der Waals surface area contributed by atoms with Crippen molar-refractivity contribution < 1.29 is 5.11 Å². The lowest BCUT2D eigenvalue weighted by atomic mass is 9.87. The molecule has 0 spiro atoms. The van der Waals surface area contributed by atoms with Gasteiger partial charge in [0.15, 0.2) is 0 Å². The summed E-state index contributed by atoms with van der Waals surface area (Å²) in [5.41, 5.74) is 15.7. The number of nitrogens with zero attached hydrogens (tertiary/aromatic N) is 1. The molecule has 1 aliphatic heterocycles. The van der Waals surface area contributed by atoms with Gasteiger partial charge in [0.2, 0.25) is 0 Å². The Morgan fingerprint density at radius 2 is 1.27 bits per heavy atom. The molecule has 0 atom stereocenters. The molecule has 0 radical (unpaired) electrons. The van der Waals surface area contributed by atoms with Crippen molar-refractivity contribution in [1.29, 1.82) is 0 Å². The van der Waals surface area contributed by atoms with E-state index in [1.807, 2.05) is 12.1 Å². The monoisotopic (exact) mass is 488 g/mol. The minimum atomic E-state index is 0.285. The van der Waals surface area contributed by atoms with Crippen molar-refractivity contribution in [1.82, 2.24) is 0 Å². The first kappa shape index (κ1) is 24.9. The van der Waals surface area contributed by atoms with Crippen LogP contribution >= 0.6 is 0 Å². The molecular formula is C34H36N2O. The average Bonchev–Trinajstić information content (AvgIpc) is 2.97. The highest BCUT2D eigenvalue weighted by Gasteiger charge is 2.19. The summed E-state index contributed by atoms with van der Waals surface area (Å²) in [6.07, 6.45) is 3.28. The summed E-state index contributed by atoms with van der Waals surface area (Å²) in [7, 11) is 0. The molecule has 4 aromatic carbocycles. The maximum atomic E-state index is 9.65. The van der Waals surface area contributed by atoms with E-state index in [1.54, 1.807) is 12.1 Å². The van der Waals surface area contributed by atoms with Crippen molar-refractivity contribution >= 4 is 16.8 Å². The van der Waals surface area contributed by atoms with Crippen LogP contribution in [0.5, 0.6) is 5.75 Å². The van der Waals surface area contributed by atoms with E-state index < -0.39 is 0 Å². The summed E-state index contributed by atoms with van der Waals surface area (Å²) in [6, 6.07) is 36.0. The summed E-state index contributed by atoms with van der Waals surface area (Å²) in [4.78, 5) is 2.49. The maximum absolute atomic E-state index is 9.65. The number of phenolic OH excluding ortho intramolecular Hbond substituents is 1. The van der Waals surface area contributed by atoms with Gasteiger partial charge >= 0.3 is 0 Å². The number of benzene rings is 4. The number of nitrogens with two attached hydrogens (primary N) is 1. The van der Waals surface area contributed by atoms with Crippen molar-refractivity contribution in [3.05, 3.63) is 120 Å². The maximum Gasteiger partial charge on any atom is 0.115 e. The predicted octanol–water partition coefficient (Wildman–Crippen LogP) is 7.60. The molecule has 188 valence electrons. The fraction of sp³-hybridized carbons (Fsp3) is 0.235. The molecule has 1 saturated heterocycles. The van der Waals surface area contributed by atoms with Crippen molar-refractivity contribution in [2.24, 2.45) is 11.7 Å². The van der Waals surface area contributed by atoms with Gasteiger partial charge in [-0.05, 0) is 95.0 Å². The van der Waals surface area contributed by atoms with Gasteiger partial charge in [0.25, 0.3) is 0 Å². The third-order valence-electron chi connectivity index (χ3n) is 7.62. The second-order valence-electron chi connectivity index (χ2n) is 9.91. The Balaban J connectivity index is 1.52. The van der Waals surface area contributed by atoms with Crippen LogP contribution in [0, 0.1) is 5.92 Å². The van der Waals surface area contributed by atoms with Gasteiger partial charge in [-0.25, -0.2) is 0 Å². The summed E-state index contributed by atoms with van der Waals surface area (Å²) in [5.74, 6) is 0.945. The first-order valence-electron chi connectivity index (χ1n) is 13.4. The van der Waals surface area contributed by atoms with Gasteiger partial charge < -0.3 is 15.7 Å². The minimum absolute atomic E-state index is 0.285. The van der Waals surface area contributed by atoms with E-state index in [0.717, 1.165) is 37.2 Å². The molecular weight excluding hydrogens is 452 g/mol. The first-order chi connectivity index (χ1) is 18.2. The molecule has 1 fully saturated rings. The van der Waals surface area contributed by atoms with Gasteiger partial charge in [0.1, 0.15) is 5.75 Å². The molecule has 0 bridgehead atoms. The predicted molar refractivity (Wildman–Crippen MR) is 157 cm³/mol. The molecule has 1 heterocycles. The SMILES string of the molecule is CCC(=C(c1ccc(-c2ccc(O)cc2)cc1)c1ccc(N2CCC(CN)CC2)cc1)c1ccccc1. The van der Waals surface area contributed by atoms with E-state index in [4.69, 9.17) is 5.73 Å². The molecule has 37 heavy (non-hydrogen) atoms. The van der Waals surface area contributed by atoms with E-state index in [9.17, 15) is 5.11 Å². The zero-order chi connectivity index (χ0) is 25.6. The number of rotatable bonds is 7. The van der Waals surface area contributed by atoms with Crippen LogP contribution in [-0.2, 0) is 0 Å². The first-order valence-corrected chi connectivity index (χ1v) is 13.4. The summed E-state index contributed by atoms with van der Waals surface area (Å²) >= 11 is 0. The molecule has 3 N–H and O–H groups in total. The Bertz CT molecular complexity index is 1320. The van der Waals surface area contributed by atoms with Crippen LogP contribution in [0.15, 0.2) is 103 Å². The Morgan fingerprint density at radius 1 is 0.730 bits per heavy atom. The average molecular weight is 489 g/mol. The van der Waals surface area contributed by atoms with E-state index in [1.165, 1.54) is 46.4 Å². The summed E-state index contributed by atoms with van der Waals surface area (Å²) < 4.78 is 0. The fourth-order valence-corrected chi connectivity index (χ4v) is 5.43. The Labute approximate surface area is 220 Å². The molecule has 3 heteroatoms. The molecule has 0 aliphatic carbocycles. The highest BCUT2D eigenvalue weighted by atomic mass is 16.3. The Morgan fingerprint density at radius 3 is 1.81 bits per heavy atom.